The van der Waals surface area contributed by atoms with Gasteiger partial charge in [-0.15, -0.1) is 0 Å². The highest BCUT2D eigenvalue weighted by Gasteiger charge is 2.06. The molecular formula is C8H8N4O. The van der Waals surface area contributed by atoms with E-state index in [1.54, 1.807) is 12.4 Å². The van der Waals surface area contributed by atoms with Crippen molar-refractivity contribution in [1.29, 1.82) is 0 Å². The van der Waals surface area contributed by atoms with E-state index in [1.165, 1.54) is 13.1 Å². The number of imidazole rings is 1. The van der Waals surface area contributed by atoms with E-state index in [0.717, 1.165) is 5.56 Å². The summed E-state index contributed by atoms with van der Waals surface area (Å²) in [5, 5.41) is 6.45. The molecule has 0 atom stereocenters. The van der Waals surface area contributed by atoms with E-state index < -0.39 is 0 Å². The molecular weight excluding hydrogens is 168 g/mol. The molecule has 0 bridgehead atoms. The van der Waals surface area contributed by atoms with Crippen molar-refractivity contribution in [2.45, 2.75) is 6.92 Å². The molecule has 0 fully saturated rings. The van der Waals surface area contributed by atoms with E-state index in [-0.39, 0.29) is 5.78 Å². The molecule has 0 aliphatic carbocycles. The van der Waals surface area contributed by atoms with Crippen LogP contribution < -0.4 is 0 Å². The van der Waals surface area contributed by atoms with Crippen LogP contribution in [0.15, 0.2) is 18.6 Å². The van der Waals surface area contributed by atoms with Crippen LogP contribution in [0.3, 0.4) is 0 Å². The first-order valence-electron chi connectivity index (χ1n) is 3.82. The smallest absolute Gasteiger partial charge is 0.177 e. The number of rotatable bonds is 2. The third-order valence-corrected chi connectivity index (χ3v) is 1.73. The summed E-state index contributed by atoms with van der Waals surface area (Å²) in [5.41, 5.74) is 1.35. The van der Waals surface area contributed by atoms with E-state index in [9.17, 15) is 4.79 Å². The van der Waals surface area contributed by atoms with Gasteiger partial charge in [0.2, 0.25) is 0 Å². The third-order valence-electron chi connectivity index (χ3n) is 1.73. The van der Waals surface area contributed by atoms with E-state index >= 15 is 0 Å². The number of nitrogens with zero attached hydrogens (tertiary/aromatic N) is 2. The van der Waals surface area contributed by atoms with Crippen molar-refractivity contribution in [2.24, 2.45) is 0 Å². The van der Waals surface area contributed by atoms with Gasteiger partial charge in [-0.3, -0.25) is 9.89 Å². The Balaban J connectivity index is 2.39. The largest absolute Gasteiger partial charge is 0.335 e. The summed E-state index contributed by atoms with van der Waals surface area (Å²) in [4.78, 5) is 17.9. The van der Waals surface area contributed by atoms with Crippen LogP contribution in [0, 0.1) is 0 Å². The lowest BCUT2D eigenvalue weighted by Gasteiger charge is -1.87. The lowest BCUT2D eigenvalue weighted by molar-refractivity contribution is 0.101. The van der Waals surface area contributed by atoms with Crippen LogP contribution in [-0.2, 0) is 0 Å². The van der Waals surface area contributed by atoms with Gasteiger partial charge < -0.3 is 4.98 Å². The fraction of sp³-hybridized carbons (Fsp3) is 0.125. The predicted octanol–water partition coefficient (Wildman–Crippen LogP) is 1.00. The lowest BCUT2D eigenvalue weighted by Crippen LogP contribution is -1.90. The normalized spacial score (nSPS) is 10.2. The number of Topliss-reactive ketones (excluding diaryl/α,β-unsaturated/α-hetero) is 1. The minimum absolute atomic E-state index is 0.0257. The Morgan fingerprint density at radius 1 is 1.46 bits per heavy atom. The Labute approximate surface area is 74.2 Å². The number of hydrogen-bond acceptors (Lipinski definition) is 3. The Bertz CT molecular complexity index is 415. The Morgan fingerprint density at radius 2 is 2.31 bits per heavy atom. The molecule has 2 heterocycles. The van der Waals surface area contributed by atoms with Gasteiger partial charge in [0, 0.05) is 13.1 Å². The van der Waals surface area contributed by atoms with Gasteiger partial charge in [-0.1, -0.05) is 0 Å². The van der Waals surface area contributed by atoms with Gasteiger partial charge in [0.15, 0.2) is 5.78 Å². The number of H-pyrrole nitrogens is 2. The molecule has 5 heteroatoms. The highest BCUT2D eigenvalue weighted by molar-refractivity contribution is 5.92. The minimum Gasteiger partial charge on any atom is -0.335 e. The predicted molar refractivity (Wildman–Crippen MR) is 46.2 cm³/mol. The van der Waals surface area contributed by atoms with Gasteiger partial charge in [0.25, 0.3) is 0 Å². The van der Waals surface area contributed by atoms with Gasteiger partial charge in [-0.25, -0.2) is 4.98 Å². The number of hydrogen-bond donors (Lipinski definition) is 2. The summed E-state index contributed by atoms with van der Waals surface area (Å²) in [6, 6.07) is 0. The summed E-state index contributed by atoms with van der Waals surface area (Å²) in [6.07, 6.45) is 4.87. The molecule has 0 amide bonds. The number of aromatic nitrogens is 4. The first kappa shape index (κ1) is 7.72. The molecule has 2 aromatic heterocycles. The second-order valence-corrected chi connectivity index (χ2v) is 2.69. The van der Waals surface area contributed by atoms with Crippen molar-refractivity contribution in [3.8, 4) is 11.4 Å². The molecule has 0 aromatic carbocycles. The molecule has 0 spiro atoms. The number of carbonyl (C=O) groups excluding carboxylic acids is 1. The molecule has 0 saturated heterocycles. The van der Waals surface area contributed by atoms with Gasteiger partial charge >= 0.3 is 0 Å². The highest BCUT2D eigenvalue weighted by atomic mass is 16.1. The zero-order valence-electron chi connectivity index (χ0n) is 7.03. The molecule has 0 saturated carbocycles. The van der Waals surface area contributed by atoms with Crippen molar-refractivity contribution in [2.75, 3.05) is 0 Å². The fourth-order valence-electron chi connectivity index (χ4n) is 1.03. The number of nitrogens with one attached hydrogen (secondary N) is 2. The zero-order chi connectivity index (χ0) is 9.26. The van der Waals surface area contributed by atoms with Crippen LogP contribution in [-0.4, -0.2) is 25.9 Å². The van der Waals surface area contributed by atoms with Gasteiger partial charge in [0.1, 0.15) is 11.5 Å². The maximum atomic E-state index is 10.9. The van der Waals surface area contributed by atoms with Crippen molar-refractivity contribution >= 4 is 5.78 Å². The Morgan fingerprint density at radius 3 is 2.85 bits per heavy atom. The lowest BCUT2D eigenvalue weighted by atomic mass is 10.3. The van der Waals surface area contributed by atoms with E-state index in [4.69, 9.17) is 0 Å². The van der Waals surface area contributed by atoms with Crippen LogP contribution in [0.5, 0.6) is 0 Å². The molecule has 2 aromatic rings. The number of aromatic amines is 2. The van der Waals surface area contributed by atoms with Crippen LogP contribution >= 0.6 is 0 Å². The van der Waals surface area contributed by atoms with Crippen LogP contribution in [0.1, 0.15) is 17.4 Å². The molecule has 2 rings (SSSR count). The Kier molecular flexibility index (Phi) is 1.70. The van der Waals surface area contributed by atoms with Gasteiger partial charge in [-0.05, 0) is 0 Å². The molecule has 0 aliphatic rings. The van der Waals surface area contributed by atoms with Crippen LogP contribution in [0.25, 0.3) is 11.4 Å². The maximum absolute atomic E-state index is 10.9. The zero-order valence-corrected chi connectivity index (χ0v) is 7.03. The summed E-state index contributed by atoms with van der Waals surface area (Å²) in [6.45, 7) is 1.49. The van der Waals surface area contributed by atoms with E-state index in [0.29, 0.717) is 11.5 Å². The standard InChI is InChI=1S/C8H8N4O/c1-5(13)7-4-9-8(12-7)6-2-10-11-3-6/h2-4H,1H3,(H,9,12)(H,10,11). The summed E-state index contributed by atoms with van der Waals surface area (Å²) >= 11 is 0. The summed E-state index contributed by atoms with van der Waals surface area (Å²) in [7, 11) is 0. The fourth-order valence-corrected chi connectivity index (χ4v) is 1.03. The second kappa shape index (κ2) is 2.85. The van der Waals surface area contributed by atoms with Crippen LogP contribution in [0.4, 0.5) is 0 Å². The second-order valence-electron chi connectivity index (χ2n) is 2.69. The summed E-state index contributed by atoms with van der Waals surface area (Å²) in [5.74, 6) is 0.626. The van der Waals surface area contributed by atoms with Crippen LogP contribution in [0.2, 0.25) is 0 Å². The van der Waals surface area contributed by atoms with Crippen molar-refractivity contribution in [1.82, 2.24) is 20.2 Å². The SMILES string of the molecule is CC(=O)c1cnc(-c2cn[nH]c2)[nH]1. The number of ketones is 1. The van der Waals surface area contributed by atoms with Gasteiger partial charge in [-0.2, -0.15) is 5.10 Å². The highest BCUT2D eigenvalue weighted by Crippen LogP contribution is 2.12. The molecule has 0 unspecified atom stereocenters. The van der Waals surface area contributed by atoms with Crippen molar-refractivity contribution in [3.63, 3.8) is 0 Å². The molecule has 13 heavy (non-hydrogen) atoms. The topological polar surface area (TPSA) is 74.4 Å². The first-order valence-corrected chi connectivity index (χ1v) is 3.82. The Hall–Kier alpha value is -1.91. The molecule has 0 radical (unpaired) electrons. The molecule has 0 aliphatic heterocycles. The molecule has 66 valence electrons. The minimum atomic E-state index is -0.0257. The van der Waals surface area contributed by atoms with Crippen molar-refractivity contribution < 1.29 is 4.79 Å². The molecule has 2 N–H and O–H groups in total. The average Bonchev–Trinajstić information content (AvgIpc) is 2.75. The monoisotopic (exact) mass is 176 g/mol. The average molecular weight is 176 g/mol. The van der Waals surface area contributed by atoms with Gasteiger partial charge in [0.05, 0.1) is 18.0 Å². The molecule has 5 nitrogen and oxygen atoms in total. The number of carbonyl (C=O) groups is 1. The summed E-state index contributed by atoms with van der Waals surface area (Å²) < 4.78 is 0. The third kappa shape index (κ3) is 1.35. The van der Waals surface area contributed by atoms with Crippen molar-refractivity contribution in [3.05, 3.63) is 24.3 Å². The van der Waals surface area contributed by atoms with E-state index in [1.807, 2.05) is 0 Å². The quantitative estimate of drug-likeness (QED) is 0.670. The first-order chi connectivity index (χ1) is 6.27. The van der Waals surface area contributed by atoms with E-state index in [2.05, 4.69) is 20.2 Å². The maximum Gasteiger partial charge on any atom is 0.177 e.